The number of hydrogen-bond acceptors (Lipinski definition) is 1. The lowest BCUT2D eigenvalue weighted by Gasteiger charge is -2.38. The molecule has 1 atom stereocenters. The van der Waals surface area contributed by atoms with E-state index in [-0.39, 0.29) is 0 Å². The molecule has 1 heterocycles. The zero-order valence-corrected chi connectivity index (χ0v) is 9.97. The van der Waals surface area contributed by atoms with Gasteiger partial charge < -0.3 is 5.32 Å². The molecular formula is C15H21N. The average Bonchev–Trinajstić information content (AvgIpc) is 2.52. The summed E-state index contributed by atoms with van der Waals surface area (Å²) in [4.78, 5) is 0. The van der Waals surface area contributed by atoms with Crippen molar-refractivity contribution in [2.24, 2.45) is 0 Å². The Bertz CT molecular complexity index is 363. The van der Waals surface area contributed by atoms with Crippen LogP contribution in [0.2, 0.25) is 0 Å². The van der Waals surface area contributed by atoms with Crippen molar-refractivity contribution in [3.05, 3.63) is 35.4 Å². The highest BCUT2D eigenvalue weighted by molar-refractivity contribution is 5.36. The van der Waals surface area contributed by atoms with Gasteiger partial charge in [-0.1, -0.05) is 30.7 Å². The molecule has 16 heavy (non-hydrogen) atoms. The van der Waals surface area contributed by atoms with Crippen LogP contribution in [0.15, 0.2) is 24.3 Å². The van der Waals surface area contributed by atoms with Gasteiger partial charge in [-0.2, -0.15) is 0 Å². The van der Waals surface area contributed by atoms with Crippen LogP contribution in [0.1, 0.15) is 43.2 Å². The van der Waals surface area contributed by atoms with Crippen LogP contribution in [0.5, 0.6) is 0 Å². The summed E-state index contributed by atoms with van der Waals surface area (Å²) in [6.45, 7) is 2.41. The van der Waals surface area contributed by atoms with Crippen LogP contribution in [0, 0.1) is 0 Å². The highest BCUT2D eigenvalue weighted by Crippen LogP contribution is 2.40. The van der Waals surface area contributed by atoms with Gasteiger partial charge in [0.2, 0.25) is 0 Å². The lowest BCUT2D eigenvalue weighted by molar-refractivity contribution is 0.290. The van der Waals surface area contributed by atoms with E-state index >= 15 is 0 Å². The van der Waals surface area contributed by atoms with Gasteiger partial charge in [-0.05, 0) is 49.8 Å². The first-order chi connectivity index (χ1) is 7.91. The highest BCUT2D eigenvalue weighted by Gasteiger charge is 2.35. The summed E-state index contributed by atoms with van der Waals surface area (Å²) < 4.78 is 0. The summed E-state index contributed by atoms with van der Waals surface area (Å²) in [6.07, 6.45) is 8.18. The van der Waals surface area contributed by atoms with E-state index in [2.05, 4.69) is 29.6 Å². The van der Waals surface area contributed by atoms with Crippen LogP contribution in [0.3, 0.4) is 0 Å². The van der Waals surface area contributed by atoms with Crippen LogP contribution >= 0.6 is 0 Å². The molecule has 1 aromatic carbocycles. The Labute approximate surface area is 98.3 Å². The van der Waals surface area contributed by atoms with E-state index in [0.29, 0.717) is 5.41 Å². The second-order valence-electron chi connectivity index (χ2n) is 5.42. The zero-order valence-electron chi connectivity index (χ0n) is 9.97. The largest absolute Gasteiger partial charge is 0.316 e. The summed E-state index contributed by atoms with van der Waals surface area (Å²) >= 11 is 0. The predicted octanol–water partition coefficient (Wildman–Crippen LogP) is 3.03. The predicted molar refractivity (Wildman–Crippen MR) is 67.8 cm³/mol. The van der Waals surface area contributed by atoms with Crippen LogP contribution in [0.25, 0.3) is 0 Å². The lowest BCUT2D eigenvalue weighted by Crippen LogP contribution is -2.43. The number of aryl methyl sites for hydroxylation is 1. The maximum Gasteiger partial charge on any atom is 0.00809 e. The molecule has 1 aliphatic heterocycles. The second-order valence-corrected chi connectivity index (χ2v) is 5.42. The normalized spacial score (nSPS) is 29.8. The third kappa shape index (κ3) is 1.67. The molecule has 1 aromatic rings. The molecule has 86 valence electrons. The quantitative estimate of drug-likeness (QED) is 0.701. The number of hydrogen-bond donors (Lipinski definition) is 1. The summed E-state index contributed by atoms with van der Waals surface area (Å²) in [5.74, 6) is 0. The standard InChI is InChI=1S/C15H21N/c1-2-8-14-13(6-1)7-3-4-9-15(14)10-5-11-16-12-15/h1-2,6,8,16H,3-5,7,9-12H2/t15-/m0/s1. The fourth-order valence-corrected chi connectivity index (χ4v) is 3.58. The molecule has 3 rings (SSSR count). The summed E-state index contributed by atoms with van der Waals surface area (Å²) in [6, 6.07) is 9.15. The molecule has 1 aliphatic carbocycles. The average molecular weight is 215 g/mol. The van der Waals surface area contributed by atoms with E-state index in [1.807, 2.05) is 0 Å². The van der Waals surface area contributed by atoms with E-state index in [1.165, 1.54) is 51.6 Å². The summed E-state index contributed by atoms with van der Waals surface area (Å²) in [7, 11) is 0. The summed E-state index contributed by atoms with van der Waals surface area (Å²) in [5.41, 5.74) is 3.73. The monoisotopic (exact) mass is 215 g/mol. The van der Waals surface area contributed by atoms with Crippen molar-refractivity contribution < 1.29 is 0 Å². The summed E-state index contributed by atoms with van der Waals surface area (Å²) in [5, 5.41) is 3.61. The molecule has 1 N–H and O–H groups in total. The minimum absolute atomic E-state index is 0.464. The van der Waals surface area contributed by atoms with Crippen LogP contribution in [-0.2, 0) is 11.8 Å². The molecule has 1 fully saturated rings. The molecule has 1 spiro atoms. The molecular weight excluding hydrogens is 194 g/mol. The third-order valence-corrected chi connectivity index (χ3v) is 4.41. The smallest absolute Gasteiger partial charge is 0.00809 e. The topological polar surface area (TPSA) is 12.0 Å². The van der Waals surface area contributed by atoms with Crippen LogP contribution < -0.4 is 5.32 Å². The van der Waals surface area contributed by atoms with Crippen molar-refractivity contribution in [1.82, 2.24) is 5.32 Å². The van der Waals surface area contributed by atoms with Gasteiger partial charge in [0.25, 0.3) is 0 Å². The fourth-order valence-electron chi connectivity index (χ4n) is 3.58. The maximum atomic E-state index is 3.61. The van der Waals surface area contributed by atoms with Crippen molar-refractivity contribution in [2.45, 2.75) is 43.9 Å². The molecule has 0 radical (unpaired) electrons. The van der Waals surface area contributed by atoms with Gasteiger partial charge >= 0.3 is 0 Å². The second kappa shape index (κ2) is 4.21. The van der Waals surface area contributed by atoms with Gasteiger partial charge in [-0.3, -0.25) is 0 Å². The molecule has 0 aromatic heterocycles. The van der Waals surface area contributed by atoms with Gasteiger partial charge in [0.05, 0.1) is 0 Å². The van der Waals surface area contributed by atoms with Gasteiger partial charge in [0, 0.05) is 12.0 Å². The van der Waals surface area contributed by atoms with Crippen LogP contribution in [-0.4, -0.2) is 13.1 Å². The SMILES string of the molecule is c1ccc2c(c1)CCCC[C@@]21CCCNC1. The van der Waals surface area contributed by atoms with Crippen molar-refractivity contribution in [2.75, 3.05) is 13.1 Å². The molecule has 0 bridgehead atoms. The van der Waals surface area contributed by atoms with E-state index in [1.54, 1.807) is 11.1 Å². The minimum Gasteiger partial charge on any atom is -0.316 e. The zero-order chi connectivity index (χ0) is 10.8. The Morgan fingerprint density at radius 3 is 2.75 bits per heavy atom. The first-order valence-corrected chi connectivity index (χ1v) is 6.70. The molecule has 1 saturated heterocycles. The van der Waals surface area contributed by atoms with E-state index < -0.39 is 0 Å². The van der Waals surface area contributed by atoms with Gasteiger partial charge in [0.1, 0.15) is 0 Å². The van der Waals surface area contributed by atoms with Gasteiger partial charge in [-0.25, -0.2) is 0 Å². The van der Waals surface area contributed by atoms with Crippen LogP contribution in [0.4, 0.5) is 0 Å². The number of rotatable bonds is 0. The van der Waals surface area contributed by atoms with Gasteiger partial charge in [-0.15, -0.1) is 0 Å². The number of fused-ring (bicyclic) bond motifs is 2. The first-order valence-electron chi connectivity index (χ1n) is 6.70. The van der Waals surface area contributed by atoms with Crippen molar-refractivity contribution in [3.63, 3.8) is 0 Å². The Morgan fingerprint density at radius 1 is 1.00 bits per heavy atom. The Kier molecular flexibility index (Phi) is 2.72. The molecule has 0 unspecified atom stereocenters. The van der Waals surface area contributed by atoms with Crippen molar-refractivity contribution >= 4 is 0 Å². The number of piperidine rings is 1. The number of nitrogens with one attached hydrogen (secondary N) is 1. The Balaban J connectivity index is 2.04. The Morgan fingerprint density at radius 2 is 1.88 bits per heavy atom. The lowest BCUT2D eigenvalue weighted by atomic mass is 9.71. The van der Waals surface area contributed by atoms with E-state index in [9.17, 15) is 0 Å². The van der Waals surface area contributed by atoms with Gasteiger partial charge in [0.15, 0.2) is 0 Å². The molecule has 2 aliphatic rings. The highest BCUT2D eigenvalue weighted by atomic mass is 14.9. The molecule has 0 amide bonds. The number of benzene rings is 1. The van der Waals surface area contributed by atoms with Crippen molar-refractivity contribution in [1.29, 1.82) is 0 Å². The molecule has 0 saturated carbocycles. The minimum atomic E-state index is 0.464. The molecule has 1 nitrogen and oxygen atoms in total. The van der Waals surface area contributed by atoms with Crippen molar-refractivity contribution in [3.8, 4) is 0 Å². The first kappa shape index (κ1) is 10.3. The Hall–Kier alpha value is -0.820. The van der Waals surface area contributed by atoms with E-state index in [4.69, 9.17) is 0 Å². The van der Waals surface area contributed by atoms with E-state index in [0.717, 1.165) is 0 Å². The fraction of sp³-hybridized carbons (Fsp3) is 0.600. The maximum absolute atomic E-state index is 3.61. The third-order valence-electron chi connectivity index (χ3n) is 4.41. The molecule has 1 heteroatoms.